The highest BCUT2D eigenvalue weighted by molar-refractivity contribution is 7.93. The molecule has 1 unspecified atom stereocenters. The van der Waals surface area contributed by atoms with Crippen molar-refractivity contribution in [1.82, 2.24) is 0 Å². The van der Waals surface area contributed by atoms with Crippen LogP contribution >= 0.6 is 0 Å². The summed E-state index contributed by atoms with van der Waals surface area (Å²) in [5.74, 6) is 0. The maximum absolute atomic E-state index is 13.2. The lowest BCUT2D eigenvalue weighted by Crippen LogP contribution is -2.63. The van der Waals surface area contributed by atoms with E-state index in [1.54, 1.807) is 24.3 Å². The second-order valence-corrected chi connectivity index (χ2v) is 9.06. The highest BCUT2D eigenvalue weighted by Crippen LogP contribution is 2.52. The zero-order valence-electron chi connectivity index (χ0n) is 12.1. The van der Waals surface area contributed by atoms with E-state index in [0.29, 0.717) is 11.5 Å². The Bertz CT molecular complexity index is 583. The van der Waals surface area contributed by atoms with E-state index in [9.17, 15) is 8.42 Å². The van der Waals surface area contributed by atoms with Gasteiger partial charge in [-0.3, -0.25) is 0 Å². The van der Waals surface area contributed by atoms with Crippen LogP contribution in [0.25, 0.3) is 0 Å². The second kappa shape index (κ2) is 4.57. The Morgan fingerprint density at radius 3 is 2.15 bits per heavy atom. The highest BCUT2D eigenvalue weighted by atomic mass is 32.2. The van der Waals surface area contributed by atoms with Crippen molar-refractivity contribution in [3.05, 3.63) is 30.3 Å². The van der Waals surface area contributed by atoms with Crippen molar-refractivity contribution in [3.8, 4) is 0 Å². The van der Waals surface area contributed by atoms with Gasteiger partial charge in [0, 0.05) is 5.41 Å². The summed E-state index contributed by atoms with van der Waals surface area (Å²) in [6.45, 7) is 4.88. The van der Waals surface area contributed by atoms with Crippen LogP contribution in [0.2, 0.25) is 0 Å². The predicted molar refractivity (Wildman–Crippen MR) is 78.3 cm³/mol. The molecule has 2 fully saturated rings. The van der Waals surface area contributed by atoms with E-state index in [1.807, 2.05) is 6.07 Å². The smallest absolute Gasteiger partial charge is 0.186 e. The van der Waals surface area contributed by atoms with Crippen LogP contribution in [-0.4, -0.2) is 25.9 Å². The van der Waals surface area contributed by atoms with Gasteiger partial charge in [-0.15, -0.1) is 0 Å². The third-order valence-corrected chi connectivity index (χ3v) is 7.43. The molecule has 4 heteroatoms. The van der Waals surface area contributed by atoms with Gasteiger partial charge < -0.3 is 4.74 Å². The van der Waals surface area contributed by atoms with E-state index >= 15 is 0 Å². The van der Waals surface area contributed by atoms with E-state index in [0.717, 1.165) is 25.7 Å². The minimum Gasteiger partial charge on any atom is -0.375 e. The first-order chi connectivity index (χ1) is 9.40. The van der Waals surface area contributed by atoms with Crippen molar-refractivity contribution in [2.45, 2.75) is 55.3 Å². The highest BCUT2D eigenvalue weighted by Gasteiger charge is 2.61. The Labute approximate surface area is 121 Å². The molecule has 1 saturated heterocycles. The zero-order valence-corrected chi connectivity index (χ0v) is 12.9. The number of ether oxygens (including phenoxy) is 1. The summed E-state index contributed by atoms with van der Waals surface area (Å²) in [7, 11) is -3.36. The number of sulfone groups is 1. The van der Waals surface area contributed by atoms with Gasteiger partial charge in [-0.2, -0.15) is 0 Å². The quantitative estimate of drug-likeness (QED) is 0.860. The molecule has 2 aliphatic rings. The van der Waals surface area contributed by atoms with Gasteiger partial charge in [-0.1, -0.05) is 44.9 Å². The van der Waals surface area contributed by atoms with E-state index in [2.05, 4.69) is 13.8 Å². The van der Waals surface area contributed by atoms with Gasteiger partial charge in [-0.25, -0.2) is 8.42 Å². The van der Waals surface area contributed by atoms with Crippen LogP contribution in [0.3, 0.4) is 0 Å². The van der Waals surface area contributed by atoms with Crippen molar-refractivity contribution in [2.75, 3.05) is 6.61 Å². The SMILES string of the molecule is CC1(C)COC1C1(S(=O)(=O)c2ccccc2)CCCC1. The van der Waals surface area contributed by atoms with Gasteiger partial charge in [0.25, 0.3) is 0 Å². The van der Waals surface area contributed by atoms with Crippen LogP contribution in [0.1, 0.15) is 39.5 Å². The Morgan fingerprint density at radius 2 is 1.70 bits per heavy atom. The van der Waals surface area contributed by atoms with Crippen molar-refractivity contribution in [3.63, 3.8) is 0 Å². The van der Waals surface area contributed by atoms with Crippen LogP contribution in [0.15, 0.2) is 35.2 Å². The number of benzene rings is 1. The van der Waals surface area contributed by atoms with Crippen molar-refractivity contribution >= 4 is 9.84 Å². The fourth-order valence-electron chi connectivity index (χ4n) is 3.84. The maximum Gasteiger partial charge on any atom is 0.186 e. The molecule has 0 amide bonds. The fourth-order valence-corrected chi connectivity index (χ4v) is 6.32. The molecule has 0 aromatic heterocycles. The average Bonchev–Trinajstić information content (AvgIpc) is 2.89. The minimum absolute atomic E-state index is 0.0494. The summed E-state index contributed by atoms with van der Waals surface area (Å²) in [5, 5.41) is 0. The first-order valence-corrected chi connectivity index (χ1v) is 8.80. The molecule has 110 valence electrons. The monoisotopic (exact) mass is 294 g/mol. The first kappa shape index (κ1) is 14.1. The predicted octanol–water partition coefficient (Wildman–Crippen LogP) is 3.20. The van der Waals surface area contributed by atoms with E-state index in [-0.39, 0.29) is 11.5 Å². The molecule has 1 aliphatic carbocycles. The lowest BCUT2D eigenvalue weighted by molar-refractivity contribution is -0.185. The van der Waals surface area contributed by atoms with Gasteiger partial charge in [0.2, 0.25) is 0 Å². The molecule has 1 aliphatic heterocycles. The van der Waals surface area contributed by atoms with Crippen LogP contribution in [0.4, 0.5) is 0 Å². The van der Waals surface area contributed by atoms with E-state index in [4.69, 9.17) is 4.74 Å². The molecular formula is C16H22O3S. The Morgan fingerprint density at radius 1 is 1.10 bits per heavy atom. The molecule has 0 radical (unpaired) electrons. The Hall–Kier alpha value is -0.870. The van der Waals surface area contributed by atoms with Crippen molar-refractivity contribution in [1.29, 1.82) is 0 Å². The fraction of sp³-hybridized carbons (Fsp3) is 0.625. The van der Waals surface area contributed by atoms with Gasteiger partial charge in [0.1, 0.15) is 4.75 Å². The van der Waals surface area contributed by atoms with Crippen molar-refractivity contribution in [2.24, 2.45) is 5.41 Å². The molecule has 1 saturated carbocycles. The van der Waals surface area contributed by atoms with Crippen LogP contribution in [0, 0.1) is 5.41 Å². The Kier molecular flexibility index (Phi) is 3.22. The number of hydrogen-bond acceptors (Lipinski definition) is 3. The van der Waals surface area contributed by atoms with Crippen LogP contribution < -0.4 is 0 Å². The summed E-state index contributed by atoms with van der Waals surface area (Å²) in [5.41, 5.74) is -0.0494. The topological polar surface area (TPSA) is 43.4 Å². The molecule has 1 heterocycles. The van der Waals surface area contributed by atoms with E-state index in [1.165, 1.54) is 0 Å². The summed E-state index contributed by atoms with van der Waals surface area (Å²) < 4.78 is 31.4. The number of rotatable bonds is 3. The average molecular weight is 294 g/mol. The van der Waals surface area contributed by atoms with Crippen LogP contribution in [0.5, 0.6) is 0 Å². The van der Waals surface area contributed by atoms with Gasteiger partial charge in [-0.05, 0) is 25.0 Å². The van der Waals surface area contributed by atoms with Gasteiger partial charge >= 0.3 is 0 Å². The molecule has 0 spiro atoms. The number of hydrogen-bond donors (Lipinski definition) is 0. The van der Waals surface area contributed by atoms with Crippen molar-refractivity contribution < 1.29 is 13.2 Å². The summed E-state index contributed by atoms with van der Waals surface area (Å²) in [4.78, 5) is 0.438. The largest absolute Gasteiger partial charge is 0.375 e. The lowest BCUT2D eigenvalue weighted by Gasteiger charge is -2.52. The third-order valence-electron chi connectivity index (χ3n) is 4.85. The van der Waals surface area contributed by atoms with E-state index < -0.39 is 14.6 Å². The molecule has 1 atom stereocenters. The first-order valence-electron chi connectivity index (χ1n) is 7.31. The lowest BCUT2D eigenvalue weighted by atomic mass is 9.74. The molecular weight excluding hydrogens is 272 g/mol. The minimum atomic E-state index is -3.36. The van der Waals surface area contributed by atoms with Crippen LogP contribution in [-0.2, 0) is 14.6 Å². The summed E-state index contributed by atoms with van der Waals surface area (Å²) in [6.07, 6.45) is 3.21. The molecule has 0 bridgehead atoms. The molecule has 3 nitrogen and oxygen atoms in total. The third kappa shape index (κ3) is 1.85. The van der Waals surface area contributed by atoms with Gasteiger partial charge in [0.15, 0.2) is 9.84 Å². The van der Waals surface area contributed by atoms with Gasteiger partial charge in [0.05, 0.1) is 17.6 Å². The molecule has 0 N–H and O–H groups in total. The second-order valence-electron chi connectivity index (χ2n) is 6.77. The Balaban J connectivity index is 2.08. The molecule has 20 heavy (non-hydrogen) atoms. The molecule has 1 aromatic carbocycles. The maximum atomic E-state index is 13.2. The summed E-state index contributed by atoms with van der Waals surface area (Å²) in [6, 6.07) is 8.86. The molecule has 1 aromatic rings. The standard InChI is InChI=1S/C16H22O3S/c1-15(2)12-19-14(15)16(10-6-7-11-16)20(17,18)13-8-4-3-5-9-13/h3-5,8-9,14H,6-7,10-12H2,1-2H3. The molecule has 3 rings (SSSR count). The normalized spacial score (nSPS) is 28.0. The zero-order chi connectivity index (χ0) is 14.4. The summed E-state index contributed by atoms with van der Waals surface area (Å²) >= 11 is 0.